The van der Waals surface area contributed by atoms with E-state index in [1.165, 1.54) is 0 Å². The summed E-state index contributed by atoms with van der Waals surface area (Å²) in [5, 5.41) is 3.27. The summed E-state index contributed by atoms with van der Waals surface area (Å²) in [7, 11) is 0. The van der Waals surface area contributed by atoms with E-state index in [0.29, 0.717) is 17.9 Å². The second-order valence-corrected chi connectivity index (χ2v) is 6.68. The number of nitrogens with one attached hydrogen (secondary N) is 1. The number of carbonyl (C=O) groups is 1. The van der Waals surface area contributed by atoms with Crippen molar-refractivity contribution >= 4 is 23.1 Å². The summed E-state index contributed by atoms with van der Waals surface area (Å²) in [5.41, 5.74) is 9.71. The molecule has 2 aliphatic rings. The molecule has 0 unspecified atom stereocenters. The number of carbonyl (C=O) groups excluding carboxylic acids is 1. The zero-order valence-corrected chi connectivity index (χ0v) is 15.1. The number of rotatable bonds is 3. The smallest absolute Gasteiger partial charge is 0.253 e. The van der Waals surface area contributed by atoms with Gasteiger partial charge in [0.05, 0.1) is 18.4 Å². The molecule has 0 saturated carbocycles. The number of nitrogens with zero attached hydrogens (tertiary/aromatic N) is 3. The van der Waals surface area contributed by atoms with Gasteiger partial charge in [0.15, 0.2) is 0 Å². The molecule has 1 amide bonds. The summed E-state index contributed by atoms with van der Waals surface area (Å²) in [6.45, 7) is 3.74. The van der Waals surface area contributed by atoms with Crippen molar-refractivity contribution in [1.29, 1.82) is 0 Å². The van der Waals surface area contributed by atoms with Crippen molar-refractivity contribution in [1.82, 2.24) is 10.2 Å². The number of hydrogen-bond donors (Lipinski definition) is 2. The lowest BCUT2D eigenvalue weighted by Gasteiger charge is -2.30. The van der Waals surface area contributed by atoms with Gasteiger partial charge in [0.2, 0.25) is 0 Å². The van der Waals surface area contributed by atoms with Crippen LogP contribution in [0.15, 0.2) is 65.8 Å². The van der Waals surface area contributed by atoms with Crippen LogP contribution in [-0.2, 0) is 0 Å². The molecule has 2 heterocycles. The van der Waals surface area contributed by atoms with E-state index in [-0.39, 0.29) is 5.91 Å². The highest BCUT2D eigenvalue weighted by Crippen LogP contribution is 2.28. The minimum atomic E-state index is 0.0860. The highest BCUT2D eigenvalue weighted by molar-refractivity contribution is 5.97. The van der Waals surface area contributed by atoms with E-state index in [4.69, 9.17) is 5.73 Å². The first kappa shape index (κ1) is 17.3. The summed E-state index contributed by atoms with van der Waals surface area (Å²) in [4.78, 5) is 21.0. The molecule has 2 aromatic carbocycles. The van der Waals surface area contributed by atoms with Crippen molar-refractivity contribution < 1.29 is 4.79 Å². The first-order valence-corrected chi connectivity index (χ1v) is 9.18. The molecule has 1 fully saturated rings. The average Bonchev–Trinajstić information content (AvgIpc) is 2.74. The Balaban J connectivity index is 1.59. The molecule has 0 spiro atoms. The van der Waals surface area contributed by atoms with Crippen LogP contribution in [0.4, 0.5) is 5.69 Å². The number of benzene rings is 2. The van der Waals surface area contributed by atoms with Crippen molar-refractivity contribution in [3.8, 4) is 0 Å². The Morgan fingerprint density at radius 1 is 1.00 bits per heavy atom. The summed E-state index contributed by atoms with van der Waals surface area (Å²) in [5.74, 6) is 0.663. The summed E-state index contributed by atoms with van der Waals surface area (Å²) < 4.78 is 0. The van der Waals surface area contributed by atoms with Crippen LogP contribution in [-0.4, -0.2) is 49.4 Å². The molecule has 4 rings (SSSR count). The number of nitrogens with two attached hydrogens (primary N) is 1. The molecule has 27 heavy (non-hydrogen) atoms. The molecular formula is C21H23N5O. The first-order valence-electron chi connectivity index (χ1n) is 9.18. The third-order valence-electron chi connectivity index (χ3n) is 4.86. The van der Waals surface area contributed by atoms with Crippen LogP contribution in [0.5, 0.6) is 0 Å². The van der Waals surface area contributed by atoms with Gasteiger partial charge in [-0.05, 0) is 29.8 Å². The number of amidine groups is 1. The Hall–Kier alpha value is -3.12. The van der Waals surface area contributed by atoms with Gasteiger partial charge in [0, 0.05) is 37.4 Å². The Morgan fingerprint density at radius 2 is 1.70 bits per heavy atom. The number of aliphatic imine (C=N–C) groups is 1. The second kappa shape index (κ2) is 7.63. The fourth-order valence-electron chi connectivity index (χ4n) is 3.40. The van der Waals surface area contributed by atoms with Gasteiger partial charge >= 0.3 is 0 Å². The fourth-order valence-corrected chi connectivity index (χ4v) is 3.40. The lowest BCUT2D eigenvalue weighted by Crippen LogP contribution is -2.46. The summed E-state index contributed by atoms with van der Waals surface area (Å²) in [6, 6.07) is 17.8. The van der Waals surface area contributed by atoms with E-state index in [1.54, 1.807) is 6.20 Å². The topological polar surface area (TPSA) is 74.0 Å². The van der Waals surface area contributed by atoms with E-state index in [2.05, 4.69) is 27.3 Å². The van der Waals surface area contributed by atoms with Crippen LogP contribution < -0.4 is 16.0 Å². The normalized spacial score (nSPS) is 17.3. The maximum Gasteiger partial charge on any atom is 0.253 e. The molecule has 6 nitrogen and oxygen atoms in total. The molecular weight excluding hydrogens is 338 g/mol. The van der Waals surface area contributed by atoms with Gasteiger partial charge in [-0.3, -0.25) is 4.79 Å². The number of para-hydroxylation sites is 1. The molecule has 0 aromatic heterocycles. The van der Waals surface area contributed by atoms with E-state index in [0.717, 1.165) is 43.1 Å². The quantitative estimate of drug-likeness (QED) is 0.876. The number of amides is 1. The van der Waals surface area contributed by atoms with Gasteiger partial charge in [0.25, 0.3) is 5.91 Å². The molecule has 2 aliphatic heterocycles. The van der Waals surface area contributed by atoms with Gasteiger partial charge < -0.3 is 20.9 Å². The van der Waals surface area contributed by atoms with Crippen molar-refractivity contribution in [3.05, 3.63) is 71.9 Å². The number of anilines is 1. The molecule has 0 radical (unpaired) electrons. The van der Waals surface area contributed by atoms with Crippen LogP contribution >= 0.6 is 0 Å². The van der Waals surface area contributed by atoms with Gasteiger partial charge in [0.1, 0.15) is 5.84 Å². The molecule has 2 aromatic rings. The predicted octanol–water partition coefficient (Wildman–Crippen LogP) is 1.91. The van der Waals surface area contributed by atoms with E-state index in [1.807, 2.05) is 47.4 Å². The van der Waals surface area contributed by atoms with Crippen LogP contribution in [0, 0.1) is 0 Å². The molecule has 0 atom stereocenters. The largest absolute Gasteiger partial charge is 0.386 e. The molecule has 0 aliphatic carbocycles. The standard InChI is InChI=1S/C21H23N5O/c22-20-15-26(18-4-2-1-3-5-18)19(14-24-20)16-6-8-17(9-7-16)21(27)25-12-10-23-11-13-25/h1-9,14,23H,10-13,15H2,(H2,22,24). The van der Waals surface area contributed by atoms with Crippen molar-refractivity contribution in [2.45, 2.75) is 0 Å². The predicted molar refractivity (Wildman–Crippen MR) is 109 cm³/mol. The van der Waals surface area contributed by atoms with E-state index >= 15 is 0 Å². The van der Waals surface area contributed by atoms with Crippen molar-refractivity contribution in [2.24, 2.45) is 10.7 Å². The molecule has 1 saturated heterocycles. The zero-order chi connectivity index (χ0) is 18.6. The lowest BCUT2D eigenvalue weighted by molar-refractivity contribution is 0.0736. The highest BCUT2D eigenvalue weighted by Gasteiger charge is 2.21. The average molecular weight is 361 g/mol. The van der Waals surface area contributed by atoms with Gasteiger partial charge in [-0.15, -0.1) is 0 Å². The molecule has 3 N–H and O–H groups in total. The monoisotopic (exact) mass is 361 g/mol. The maximum absolute atomic E-state index is 12.7. The van der Waals surface area contributed by atoms with Crippen LogP contribution in [0.3, 0.4) is 0 Å². The molecule has 6 heteroatoms. The van der Waals surface area contributed by atoms with Gasteiger partial charge in [-0.25, -0.2) is 4.99 Å². The van der Waals surface area contributed by atoms with E-state index < -0.39 is 0 Å². The van der Waals surface area contributed by atoms with Crippen LogP contribution in [0.2, 0.25) is 0 Å². The zero-order valence-electron chi connectivity index (χ0n) is 15.1. The number of hydrogen-bond acceptors (Lipinski definition) is 5. The van der Waals surface area contributed by atoms with E-state index in [9.17, 15) is 4.79 Å². The molecule has 0 bridgehead atoms. The van der Waals surface area contributed by atoms with Crippen molar-refractivity contribution in [3.63, 3.8) is 0 Å². The third kappa shape index (κ3) is 3.71. The van der Waals surface area contributed by atoms with Crippen LogP contribution in [0.1, 0.15) is 15.9 Å². The Bertz CT molecular complexity index is 867. The lowest BCUT2D eigenvalue weighted by atomic mass is 10.1. The Kier molecular flexibility index (Phi) is 4.89. The minimum Gasteiger partial charge on any atom is -0.386 e. The van der Waals surface area contributed by atoms with Gasteiger partial charge in [-0.2, -0.15) is 0 Å². The second-order valence-electron chi connectivity index (χ2n) is 6.68. The Labute approximate surface area is 159 Å². The number of piperazine rings is 1. The molecule has 138 valence electrons. The summed E-state index contributed by atoms with van der Waals surface area (Å²) >= 11 is 0. The highest BCUT2D eigenvalue weighted by atomic mass is 16.2. The van der Waals surface area contributed by atoms with Gasteiger partial charge in [-0.1, -0.05) is 30.3 Å². The minimum absolute atomic E-state index is 0.0860. The first-order chi connectivity index (χ1) is 13.2. The SMILES string of the molecule is NC1=NC=C(c2ccc(C(=O)N3CCNCC3)cc2)N(c2ccccc2)C1. The summed E-state index contributed by atoms with van der Waals surface area (Å²) in [6.07, 6.45) is 1.79. The van der Waals surface area contributed by atoms with Crippen LogP contribution in [0.25, 0.3) is 5.70 Å². The Morgan fingerprint density at radius 3 is 2.41 bits per heavy atom. The third-order valence-corrected chi connectivity index (χ3v) is 4.86. The maximum atomic E-state index is 12.7. The fraction of sp³-hybridized carbons (Fsp3) is 0.238. The van der Waals surface area contributed by atoms with Crippen molar-refractivity contribution in [2.75, 3.05) is 37.6 Å².